The lowest BCUT2D eigenvalue weighted by Crippen LogP contribution is -2.30. The van der Waals surface area contributed by atoms with Crippen molar-refractivity contribution in [1.29, 1.82) is 0 Å². The fraction of sp³-hybridized carbons (Fsp3) is 0.167. The molecule has 0 saturated carbocycles. The van der Waals surface area contributed by atoms with E-state index in [0.29, 0.717) is 5.00 Å². The minimum absolute atomic E-state index is 0.101. The predicted molar refractivity (Wildman–Crippen MR) is 76.2 cm³/mol. The third-order valence-electron chi connectivity index (χ3n) is 2.44. The highest BCUT2D eigenvalue weighted by Gasteiger charge is 2.15. The molecule has 19 heavy (non-hydrogen) atoms. The Bertz CT molecular complexity index is 578. The molecule has 0 bridgehead atoms. The van der Waals surface area contributed by atoms with E-state index in [9.17, 15) is 9.59 Å². The van der Waals surface area contributed by atoms with Crippen molar-refractivity contribution in [1.82, 2.24) is 5.32 Å². The standard InChI is InChI=1S/C12H12N2O3S2/c1-7(9-3-2-5-18-9)13-12(17)14-10-8(11(15)16)4-6-19-10/h2-7H,1H3,(H,15,16)(H2,13,14,17). The topological polar surface area (TPSA) is 78.4 Å². The van der Waals surface area contributed by atoms with Crippen molar-refractivity contribution < 1.29 is 14.7 Å². The summed E-state index contributed by atoms with van der Waals surface area (Å²) in [5.74, 6) is -1.05. The molecule has 2 aromatic rings. The fourth-order valence-corrected chi connectivity index (χ4v) is 3.03. The SMILES string of the molecule is CC(NC(=O)Nc1sccc1C(=O)O)c1cccs1. The van der Waals surface area contributed by atoms with Crippen LogP contribution in [0.3, 0.4) is 0 Å². The minimum Gasteiger partial charge on any atom is -0.478 e. The zero-order valence-electron chi connectivity index (χ0n) is 10.0. The average molecular weight is 296 g/mol. The highest BCUT2D eigenvalue weighted by molar-refractivity contribution is 7.14. The number of thiophene rings is 2. The lowest BCUT2D eigenvalue weighted by atomic mass is 10.3. The number of carboxylic acids is 1. The maximum Gasteiger partial charge on any atom is 0.338 e. The van der Waals surface area contributed by atoms with Crippen LogP contribution < -0.4 is 10.6 Å². The molecule has 1 unspecified atom stereocenters. The first-order valence-corrected chi connectivity index (χ1v) is 7.25. The molecule has 0 fully saturated rings. The second kappa shape index (κ2) is 5.85. The number of carbonyl (C=O) groups is 2. The molecule has 2 amide bonds. The maximum absolute atomic E-state index is 11.8. The van der Waals surface area contributed by atoms with Gasteiger partial charge in [-0.2, -0.15) is 0 Å². The summed E-state index contributed by atoms with van der Waals surface area (Å²) < 4.78 is 0. The number of nitrogens with one attached hydrogen (secondary N) is 2. The smallest absolute Gasteiger partial charge is 0.338 e. The van der Waals surface area contributed by atoms with Crippen LogP contribution in [0.4, 0.5) is 9.80 Å². The number of rotatable bonds is 4. The monoisotopic (exact) mass is 296 g/mol. The number of aromatic carboxylic acids is 1. The normalized spacial score (nSPS) is 11.8. The molecule has 0 saturated heterocycles. The largest absolute Gasteiger partial charge is 0.478 e. The van der Waals surface area contributed by atoms with Gasteiger partial charge >= 0.3 is 12.0 Å². The average Bonchev–Trinajstić information content (AvgIpc) is 2.98. The quantitative estimate of drug-likeness (QED) is 0.809. The van der Waals surface area contributed by atoms with Gasteiger partial charge in [-0.1, -0.05) is 6.07 Å². The van der Waals surface area contributed by atoms with Gasteiger partial charge in [0.25, 0.3) is 0 Å². The van der Waals surface area contributed by atoms with Crippen LogP contribution in [-0.2, 0) is 0 Å². The van der Waals surface area contributed by atoms with Crippen molar-refractivity contribution in [2.45, 2.75) is 13.0 Å². The third-order valence-corrected chi connectivity index (χ3v) is 4.33. The molecule has 2 heterocycles. The number of hydrogen-bond donors (Lipinski definition) is 3. The summed E-state index contributed by atoms with van der Waals surface area (Å²) in [6.45, 7) is 1.87. The van der Waals surface area contributed by atoms with Crippen molar-refractivity contribution in [3.8, 4) is 0 Å². The van der Waals surface area contributed by atoms with E-state index in [1.807, 2.05) is 24.4 Å². The van der Waals surface area contributed by atoms with Crippen molar-refractivity contribution in [3.05, 3.63) is 39.4 Å². The molecular weight excluding hydrogens is 284 g/mol. The molecule has 100 valence electrons. The highest BCUT2D eigenvalue weighted by Crippen LogP contribution is 2.23. The Morgan fingerprint density at radius 1 is 1.26 bits per heavy atom. The number of amides is 2. The summed E-state index contributed by atoms with van der Waals surface area (Å²) in [4.78, 5) is 23.7. The van der Waals surface area contributed by atoms with Gasteiger partial charge in [0, 0.05) is 4.88 Å². The molecule has 0 aliphatic rings. The first-order valence-electron chi connectivity index (χ1n) is 5.49. The van der Waals surface area contributed by atoms with E-state index in [1.165, 1.54) is 17.4 Å². The summed E-state index contributed by atoms with van der Waals surface area (Å²) in [5, 5.41) is 18.2. The summed E-state index contributed by atoms with van der Waals surface area (Å²) in [7, 11) is 0. The van der Waals surface area contributed by atoms with Gasteiger partial charge in [0.2, 0.25) is 0 Å². The molecule has 0 spiro atoms. The van der Waals surface area contributed by atoms with E-state index in [4.69, 9.17) is 5.11 Å². The second-order valence-corrected chi connectivity index (χ2v) is 5.70. The Balaban J connectivity index is 1.98. The van der Waals surface area contributed by atoms with Crippen LogP contribution in [-0.4, -0.2) is 17.1 Å². The third kappa shape index (κ3) is 3.33. The molecule has 0 radical (unpaired) electrons. The molecule has 7 heteroatoms. The van der Waals surface area contributed by atoms with Crippen molar-refractivity contribution in [2.24, 2.45) is 0 Å². The molecule has 3 N–H and O–H groups in total. The van der Waals surface area contributed by atoms with Gasteiger partial charge in [-0.05, 0) is 29.8 Å². The van der Waals surface area contributed by atoms with Gasteiger partial charge in [0.05, 0.1) is 11.6 Å². The molecule has 2 aromatic heterocycles. The summed E-state index contributed by atoms with van der Waals surface area (Å²) in [5.41, 5.74) is 0.101. The Labute approximate surface area is 117 Å². The first kappa shape index (κ1) is 13.6. The number of anilines is 1. The van der Waals surface area contributed by atoms with E-state index >= 15 is 0 Å². The Morgan fingerprint density at radius 2 is 2.05 bits per heavy atom. The lowest BCUT2D eigenvalue weighted by molar-refractivity contribution is 0.0698. The van der Waals surface area contributed by atoms with Crippen LogP contribution in [0, 0.1) is 0 Å². The van der Waals surface area contributed by atoms with Crippen LogP contribution in [0.25, 0.3) is 0 Å². The van der Waals surface area contributed by atoms with E-state index in [2.05, 4.69) is 10.6 Å². The molecule has 2 rings (SSSR count). The zero-order valence-corrected chi connectivity index (χ0v) is 11.7. The highest BCUT2D eigenvalue weighted by atomic mass is 32.1. The van der Waals surface area contributed by atoms with Gasteiger partial charge in [-0.3, -0.25) is 5.32 Å². The van der Waals surface area contributed by atoms with Gasteiger partial charge in [0.1, 0.15) is 5.00 Å². The van der Waals surface area contributed by atoms with Gasteiger partial charge < -0.3 is 10.4 Å². The number of carbonyl (C=O) groups excluding carboxylic acids is 1. The van der Waals surface area contributed by atoms with E-state index in [-0.39, 0.29) is 11.6 Å². The maximum atomic E-state index is 11.8. The van der Waals surface area contributed by atoms with E-state index in [0.717, 1.165) is 4.88 Å². The summed E-state index contributed by atoms with van der Waals surface area (Å²) in [6, 6.07) is 4.78. The molecule has 0 aromatic carbocycles. The van der Waals surface area contributed by atoms with Crippen LogP contribution in [0.5, 0.6) is 0 Å². The van der Waals surface area contributed by atoms with E-state index < -0.39 is 12.0 Å². The molecular formula is C12H12N2O3S2. The molecule has 0 aliphatic carbocycles. The van der Waals surface area contributed by atoms with E-state index in [1.54, 1.807) is 16.7 Å². The van der Waals surface area contributed by atoms with Gasteiger partial charge in [-0.25, -0.2) is 9.59 Å². The van der Waals surface area contributed by atoms with Crippen LogP contribution >= 0.6 is 22.7 Å². The Morgan fingerprint density at radius 3 is 2.68 bits per heavy atom. The molecule has 0 aliphatic heterocycles. The second-order valence-electron chi connectivity index (χ2n) is 3.80. The Hall–Kier alpha value is -1.86. The van der Waals surface area contributed by atoms with Crippen molar-refractivity contribution in [3.63, 3.8) is 0 Å². The summed E-state index contributed by atoms with van der Waals surface area (Å²) in [6.07, 6.45) is 0. The molecule has 5 nitrogen and oxygen atoms in total. The van der Waals surface area contributed by atoms with Gasteiger partial charge in [-0.15, -0.1) is 22.7 Å². The Kier molecular flexibility index (Phi) is 4.18. The van der Waals surface area contributed by atoms with Crippen LogP contribution in [0.15, 0.2) is 29.0 Å². The number of carboxylic acid groups (broad SMARTS) is 1. The number of urea groups is 1. The minimum atomic E-state index is -1.05. The van der Waals surface area contributed by atoms with Crippen molar-refractivity contribution in [2.75, 3.05) is 5.32 Å². The number of hydrogen-bond acceptors (Lipinski definition) is 4. The zero-order chi connectivity index (χ0) is 13.8. The first-order chi connectivity index (χ1) is 9.08. The predicted octanol–water partition coefficient (Wildman–Crippen LogP) is 3.39. The molecule has 1 atom stereocenters. The lowest BCUT2D eigenvalue weighted by Gasteiger charge is -2.12. The van der Waals surface area contributed by atoms with Crippen molar-refractivity contribution >= 4 is 39.7 Å². The summed E-state index contributed by atoms with van der Waals surface area (Å²) >= 11 is 2.74. The van der Waals surface area contributed by atoms with Gasteiger partial charge in [0.15, 0.2) is 0 Å². The van der Waals surface area contributed by atoms with Crippen LogP contribution in [0.1, 0.15) is 28.2 Å². The fourth-order valence-electron chi connectivity index (χ4n) is 1.52. The van der Waals surface area contributed by atoms with Crippen LogP contribution in [0.2, 0.25) is 0 Å².